The molecular formula is C6H10BN. The lowest BCUT2D eigenvalue weighted by Crippen LogP contribution is -1.98. The predicted octanol–water partition coefficient (Wildman–Crippen LogP) is 1.15. The predicted molar refractivity (Wildman–Crippen MR) is 38.5 cm³/mol. The number of hydrogen-bond donors (Lipinski definition) is 0. The van der Waals surface area contributed by atoms with Crippen LogP contribution in [0.2, 0.25) is 0 Å². The molecule has 0 aliphatic heterocycles. The Kier molecular flexibility index (Phi) is 3.25. The molecule has 2 radical (unpaired) electrons. The fourth-order valence-corrected chi connectivity index (χ4v) is 0.374. The Labute approximate surface area is 51.9 Å². The molecule has 2 heteroatoms. The third-order valence-electron chi connectivity index (χ3n) is 0.703. The third-order valence-corrected chi connectivity index (χ3v) is 0.703. The maximum absolute atomic E-state index is 5.33. The topological polar surface area (TPSA) is 12.4 Å². The molecule has 0 spiro atoms. The van der Waals surface area contributed by atoms with Gasteiger partial charge in [-0.1, -0.05) is 13.5 Å². The summed E-state index contributed by atoms with van der Waals surface area (Å²) in [6.07, 6.45) is 1.68. The number of allylic oxidation sites excluding steroid dienone is 1. The van der Waals surface area contributed by atoms with E-state index >= 15 is 0 Å². The zero-order valence-corrected chi connectivity index (χ0v) is 5.39. The summed E-state index contributed by atoms with van der Waals surface area (Å²) in [5.41, 5.74) is 0.889. The summed E-state index contributed by atoms with van der Waals surface area (Å²) < 4.78 is 0. The second-order valence-electron chi connectivity index (χ2n) is 1.72. The first-order chi connectivity index (χ1) is 3.66. The van der Waals surface area contributed by atoms with Crippen LogP contribution in [0.25, 0.3) is 0 Å². The molecule has 0 heterocycles. The minimum absolute atomic E-state index is 0.104. The molecule has 42 valence electrons. The molecular weight excluding hydrogens is 96.9 g/mol. The van der Waals surface area contributed by atoms with Crippen LogP contribution in [0.1, 0.15) is 13.8 Å². The normalized spacial score (nSPS) is 15.5. The van der Waals surface area contributed by atoms with Crippen LogP contribution in [0.5, 0.6) is 0 Å². The van der Waals surface area contributed by atoms with Gasteiger partial charge in [-0.15, -0.1) is 0 Å². The highest BCUT2D eigenvalue weighted by Gasteiger charge is 1.84. The van der Waals surface area contributed by atoms with Crippen molar-refractivity contribution >= 4 is 13.6 Å². The van der Waals surface area contributed by atoms with E-state index in [2.05, 4.69) is 11.6 Å². The second-order valence-corrected chi connectivity index (χ2v) is 1.72. The maximum Gasteiger partial charge on any atom is 0.101 e. The summed E-state index contributed by atoms with van der Waals surface area (Å²) in [4.78, 5) is 3.97. The average Bonchev–Trinajstić information content (AvgIpc) is 1.65. The molecule has 0 aromatic carbocycles. The standard InChI is InChI=1S/C6H10BN/c1-4-5(2)8-6(3)7/h4,6H,1H2,2-3H3. The summed E-state index contributed by atoms with van der Waals surface area (Å²) in [5, 5.41) is 0. The summed E-state index contributed by atoms with van der Waals surface area (Å²) in [6, 6.07) is 0. The Morgan fingerprint density at radius 2 is 2.38 bits per heavy atom. The quantitative estimate of drug-likeness (QED) is 0.370. The lowest BCUT2D eigenvalue weighted by molar-refractivity contribution is 1.03. The van der Waals surface area contributed by atoms with Gasteiger partial charge in [-0.25, -0.2) is 0 Å². The highest BCUT2D eigenvalue weighted by Crippen LogP contribution is 1.83. The Balaban J connectivity index is 3.74. The molecule has 0 saturated carbocycles. The number of aliphatic imine (C=N–C) groups is 1. The van der Waals surface area contributed by atoms with Crippen molar-refractivity contribution in [1.29, 1.82) is 0 Å². The molecule has 0 fully saturated rings. The van der Waals surface area contributed by atoms with Crippen molar-refractivity contribution in [2.24, 2.45) is 4.99 Å². The van der Waals surface area contributed by atoms with Crippen LogP contribution >= 0.6 is 0 Å². The summed E-state index contributed by atoms with van der Waals surface area (Å²) in [6.45, 7) is 7.23. The first-order valence-electron chi connectivity index (χ1n) is 2.59. The molecule has 0 aliphatic carbocycles. The van der Waals surface area contributed by atoms with Gasteiger partial charge in [0.1, 0.15) is 7.85 Å². The zero-order chi connectivity index (χ0) is 6.57. The molecule has 1 nitrogen and oxygen atoms in total. The lowest BCUT2D eigenvalue weighted by atomic mass is 10.00. The first-order valence-corrected chi connectivity index (χ1v) is 2.59. The average molecular weight is 107 g/mol. The van der Waals surface area contributed by atoms with Gasteiger partial charge in [0.25, 0.3) is 0 Å². The van der Waals surface area contributed by atoms with Crippen LogP contribution in [-0.4, -0.2) is 19.5 Å². The Bertz CT molecular complexity index is 105. The molecule has 1 atom stereocenters. The smallest absolute Gasteiger partial charge is 0.101 e. The maximum atomic E-state index is 5.33. The Hall–Kier alpha value is -0.525. The molecule has 8 heavy (non-hydrogen) atoms. The molecule has 0 saturated heterocycles. The Morgan fingerprint density at radius 3 is 2.50 bits per heavy atom. The van der Waals surface area contributed by atoms with Gasteiger partial charge in [0.05, 0.1) is 0 Å². The molecule has 0 aromatic rings. The van der Waals surface area contributed by atoms with E-state index < -0.39 is 0 Å². The molecule has 0 amide bonds. The van der Waals surface area contributed by atoms with Crippen LogP contribution in [0.4, 0.5) is 0 Å². The Morgan fingerprint density at radius 1 is 1.88 bits per heavy atom. The van der Waals surface area contributed by atoms with Gasteiger partial charge in [0.2, 0.25) is 0 Å². The van der Waals surface area contributed by atoms with E-state index in [0.29, 0.717) is 0 Å². The molecule has 1 unspecified atom stereocenters. The number of hydrogen-bond acceptors (Lipinski definition) is 1. The van der Waals surface area contributed by atoms with E-state index in [0.717, 1.165) is 5.71 Å². The van der Waals surface area contributed by atoms with E-state index in [1.54, 1.807) is 6.08 Å². The van der Waals surface area contributed by atoms with Crippen molar-refractivity contribution < 1.29 is 0 Å². The van der Waals surface area contributed by atoms with Crippen LogP contribution < -0.4 is 0 Å². The summed E-state index contributed by atoms with van der Waals surface area (Å²) in [5.74, 6) is -0.104. The number of rotatable bonds is 2. The fourth-order valence-electron chi connectivity index (χ4n) is 0.374. The van der Waals surface area contributed by atoms with Gasteiger partial charge in [-0.05, 0) is 13.0 Å². The highest BCUT2D eigenvalue weighted by molar-refractivity contribution is 6.12. The minimum Gasteiger partial charge on any atom is -0.297 e. The fraction of sp³-hybridized carbons (Fsp3) is 0.500. The van der Waals surface area contributed by atoms with E-state index in [-0.39, 0.29) is 5.94 Å². The van der Waals surface area contributed by atoms with Gasteiger partial charge < -0.3 is 0 Å². The highest BCUT2D eigenvalue weighted by atomic mass is 14.7. The van der Waals surface area contributed by atoms with Crippen molar-refractivity contribution in [3.05, 3.63) is 12.7 Å². The van der Waals surface area contributed by atoms with Gasteiger partial charge in [-0.2, -0.15) is 0 Å². The largest absolute Gasteiger partial charge is 0.297 e. The molecule has 0 aromatic heterocycles. The third kappa shape index (κ3) is 3.66. The minimum atomic E-state index is -0.104. The SMILES string of the molecule is [B]C(C)N=C(C)C=C. The van der Waals surface area contributed by atoms with Crippen LogP contribution in [0, 0.1) is 0 Å². The van der Waals surface area contributed by atoms with Gasteiger partial charge in [-0.3, -0.25) is 4.99 Å². The van der Waals surface area contributed by atoms with Crippen LogP contribution in [0.15, 0.2) is 17.6 Å². The van der Waals surface area contributed by atoms with E-state index in [1.165, 1.54) is 0 Å². The van der Waals surface area contributed by atoms with Crippen molar-refractivity contribution in [3.63, 3.8) is 0 Å². The molecule has 0 rings (SSSR count). The van der Waals surface area contributed by atoms with E-state index in [1.807, 2.05) is 13.8 Å². The second kappa shape index (κ2) is 3.47. The van der Waals surface area contributed by atoms with Gasteiger partial charge in [0.15, 0.2) is 0 Å². The zero-order valence-electron chi connectivity index (χ0n) is 5.39. The monoisotopic (exact) mass is 107 g/mol. The van der Waals surface area contributed by atoms with Crippen molar-refractivity contribution in [2.45, 2.75) is 19.8 Å². The van der Waals surface area contributed by atoms with Gasteiger partial charge in [0, 0.05) is 11.7 Å². The van der Waals surface area contributed by atoms with E-state index in [4.69, 9.17) is 7.85 Å². The molecule has 0 aliphatic rings. The first kappa shape index (κ1) is 7.47. The van der Waals surface area contributed by atoms with Crippen LogP contribution in [0.3, 0.4) is 0 Å². The van der Waals surface area contributed by atoms with Crippen molar-refractivity contribution in [3.8, 4) is 0 Å². The van der Waals surface area contributed by atoms with Crippen molar-refractivity contribution in [1.82, 2.24) is 0 Å². The van der Waals surface area contributed by atoms with E-state index in [9.17, 15) is 0 Å². The summed E-state index contributed by atoms with van der Waals surface area (Å²) >= 11 is 0. The number of nitrogens with zero attached hydrogens (tertiary/aromatic N) is 1. The lowest BCUT2D eigenvalue weighted by Gasteiger charge is -1.95. The molecule has 0 N–H and O–H groups in total. The van der Waals surface area contributed by atoms with Crippen LogP contribution in [-0.2, 0) is 0 Å². The van der Waals surface area contributed by atoms with Gasteiger partial charge >= 0.3 is 0 Å². The molecule has 0 bridgehead atoms. The van der Waals surface area contributed by atoms with Crippen molar-refractivity contribution in [2.75, 3.05) is 0 Å². The summed E-state index contributed by atoms with van der Waals surface area (Å²) in [7, 11) is 5.33.